The Kier molecular flexibility index (Phi) is 6.57. The quantitative estimate of drug-likeness (QED) is 0.472. The maximum atomic E-state index is 12.2. The lowest BCUT2D eigenvalue weighted by molar-refractivity contribution is -0.136. The number of carbonyl (C=O) groups is 1. The van der Waals surface area contributed by atoms with E-state index < -0.39 is 16.0 Å². The van der Waals surface area contributed by atoms with Crippen molar-refractivity contribution in [2.75, 3.05) is 6.54 Å². The Hall–Kier alpha value is -2.82. The van der Waals surface area contributed by atoms with Gasteiger partial charge in [-0.2, -0.15) is 0 Å². The van der Waals surface area contributed by atoms with Crippen molar-refractivity contribution < 1.29 is 23.4 Å². The van der Waals surface area contributed by atoms with E-state index in [9.17, 15) is 18.3 Å². The fourth-order valence-electron chi connectivity index (χ4n) is 2.64. The summed E-state index contributed by atoms with van der Waals surface area (Å²) in [6.07, 6.45) is 1.70. The van der Waals surface area contributed by atoms with Crippen molar-refractivity contribution in [2.24, 2.45) is 0 Å². The molecule has 0 aliphatic carbocycles. The zero-order valence-corrected chi connectivity index (χ0v) is 16.9. The van der Waals surface area contributed by atoms with Crippen LogP contribution in [-0.4, -0.2) is 41.1 Å². The molecule has 0 amide bonds. The number of carboxylic acid groups (broad SMARTS) is 1. The molecule has 29 heavy (non-hydrogen) atoms. The number of carboxylic acids is 1. The lowest BCUT2D eigenvalue weighted by atomic mass is 10.2. The molecular formula is C19H19N3O5S2. The second kappa shape index (κ2) is 9.12. The number of sulfonamides is 1. The molecule has 0 saturated heterocycles. The number of aromatic hydroxyl groups is 1. The van der Waals surface area contributed by atoms with Gasteiger partial charge in [0.2, 0.25) is 10.0 Å². The predicted octanol–water partition coefficient (Wildman–Crippen LogP) is 2.20. The van der Waals surface area contributed by atoms with Gasteiger partial charge >= 0.3 is 5.97 Å². The first-order valence-electron chi connectivity index (χ1n) is 8.68. The van der Waals surface area contributed by atoms with Crippen molar-refractivity contribution in [1.82, 2.24) is 14.7 Å². The van der Waals surface area contributed by atoms with Gasteiger partial charge in [0.15, 0.2) is 0 Å². The molecule has 3 N–H and O–H groups in total. The van der Waals surface area contributed by atoms with E-state index in [0.717, 1.165) is 0 Å². The molecule has 0 spiro atoms. The number of rotatable bonds is 9. The molecule has 0 aliphatic rings. The van der Waals surface area contributed by atoms with E-state index in [1.54, 1.807) is 35.8 Å². The molecule has 0 saturated carbocycles. The van der Waals surface area contributed by atoms with Crippen LogP contribution >= 0.6 is 11.3 Å². The summed E-state index contributed by atoms with van der Waals surface area (Å²) in [5, 5.41) is 21.1. The molecule has 0 bridgehead atoms. The van der Waals surface area contributed by atoms with E-state index >= 15 is 0 Å². The summed E-state index contributed by atoms with van der Waals surface area (Å²) < 4.78 is 26.8. The van der Waals surface area contributed by atoms with Crippen molar-refractivity contribution >= 4 is 27.3 Å². The SMILES string of the molecule is O=C(O)Cc1csc(-c2ncc(CCNS(=O)(=O)Cc3ccccc3)cc2O)n1. The molecule has 3 rings (SSSR count). The number of hydrogen-bond acceptors (Lipinski definition) is 7. The van der Waals surface area contributed by atoms with Crippen LogP contribution in [0.25, 0.3) is 10.7 Å². The largest absolute Gasteiger partial charge is 0.506 e. The third-order valence-corrected chi connectivity index (χ3v) is 6.20. The third-order valence-electron chi connectivity index (χ3n) is 3.95. The number of hydrogen-bond donors (Lipinski definition) is 3. The van der Waals surface area contributed by atoms with Crippen LogP contribution in [0.1, 0.15) is 16.8 Å². The first kappa shape index (κ1) is 20.9. The molecule has 10 heteroatoms. The first-order valence-corrected chi connectivity index (χ1v) is 11.2. The van der Waals surface area contributed by atoms with Gasteiger partial charge in [-0.1, -0.05) is 30.3 Å². The van der Waals surface area contributed by atoms with Crippen LogP contribution in [0.3, 0.4) is 0 Å². The van der Waals surface area contributed by atoms with Gasteiger partial charge in [-0.3, -0.25) is 4.79 Å². The number of aliphatic carboxylic acids is 1. The number of thiazole rings is 1. The first-order chi connectivity index (χ1) is 13.8. The van der Waals surface area contributed by atoms with Gasteiger partial charge in [-0.05, 0) is 23.6 Å². The molecule has 152 valence electrons. The third kappa shape index (κ3) is 6.08. The molecule has 2 aromatic heterocycles. The highest BCUT2D eigenvalue weighted by Crippen LogP contribution is 2.30. The van der Waals surface area contributed by atoms with Gasteiger partial charge in [-0.25, -0.2) is 23.1 Å². The van der Waals surface area contributed by atoms with Crippen molar-refractivity contribution in [1.29, 1.82) is 0 Å². The second-order valence-corrected chi connectivity index (χ2v) is 8.98. The summed E-state index contributed by atoms with van der Waals surface area (Å²) in [5.41, 5.74) is 2.03. The molecule has 0 atom stereocenters. The normalized spacial score (nSPS) is 11.4. The van der Waals surface area contributed by atoms with Crippen LogP contribution < -0.4 is 4.72 Å². The van der Waals surface area contributed by atoms with Crippen LogP contribution in [0.4, 0.5) is 0 Å². The van der Waals surface area contributed by atoms with E-state index in [-0.39, 0.29) is 30.2 Å². The van der Waals surface area contributed by atoms with Crippen molar-refractivity contribution in [3.05, 3.63) is 64.8 Å². The highest BCUT2D eigenvalue weighted by molar-refractivity contribution is 7.88. The summed E-state index contributed by atoms with van der Waals surface area (Å²) in [4.78, 5) is 19.1. The van der Waals surface area contributed by atoms with Crippen LogP contribution in [-0.2, 0) is 33.4 Å². The van der Waals surface area contributed by atoms with E-state index in [0.29, 0.717) is 28.2 Å². The lowest BCUT2D eigenvalue weighted by Crippen LogP contribution is -2.27. The lowest BCUT2D eigenvalue weighted by Gasteiger charge is -2.08. The smallest absolute Gasteiger partial charge is 0.309 e. The van der Waals surface area contributed by atoms with Crippen molar-refractivity contribution in [3.8, 4) is 16.5 Å². The maximum Gasteiger partial charge on any atom is 0.309 e. The number of aromatic nitrogens is 2. The predicted molar refractivity (Wildman–Crippen MR) is 109 cm³/mol. The monoisotopic (exact) mass is 433 g/mol. The van der Waals surface area contributed by atoms with Gasteiger partial charge < -0.3 is 10.2 Å². The van der Waals surface area contributed by atoms with Crippen molar-refractivity contribution in [3.63, 3.8) is 0 Å². The average Bonchev–Trinajstić information content (AvgIpc) is 3.09. The Morgan fingerprint density at radius 3 is 2.62 bits per heavy atom. The summed E-state index contributed by atoms with van der Waals surface area (Å²) in [6, 6.07) is 10.4. The van der Waals surface area contributed by atoms with E-state index in [1.807, 2.05) is 6.07 Å². The van der Waals surface area contributed by atoms with E-state index in [2.05, 4.69) is 14.7 Å². The standard InChI is InChI=1S/C19H19N3O5S2/c23-16-8-14(6-7-21-29(26,27)12-13-4-2-1-3-5-13)10-20-18(16)19-22-15(11-28-19)9-17(24)25/h1-5,8,10-11,21,23H,6-7,9,12H2,(H,24,25). The van der Waals surface area contributed by atoms with Crippen molar-refractivity contribution in [2.45, 2.75) is 18.6 Å². The Bertz CT molecular complexity index is 1100. The topological polar surface area (TPSA) is 129 Å². The number of benzene rings is 1. The molecule has 0 unspecified atom stereocenters. The van der Waals surface area contributed by atoms with Crippen LogP contribution in [0.2, 0.25) is 0 Å². The minimum absolute atomic E-state index is 0.0918. The molecule has 8 nitrogen and oxygen atoms in total. The Labute approximate surface area is 172 Å². The van der Waals surface area contributed by atoms with Gasteiger partial charge in [0.05, 0.1) is 17.9 Å². The minimum Gasteiger partial charge on any atom is -0.506 e. The van der Waals surface area contributed by atoms with Crippen LogP contribution in [0.5, 0.6) is 5.75 Å². The highest BCUT2D eigenvalue weighted by Gasteiger charge is 2.14. The van der Waals surface area contributed by atoms with E-state index in [1.165, 1.54) is 17.4 Å². The number of pyridine rings is 1. The number of nitrogens with zero attached hydrogens (tertiary/aromatic N) is 2. The highest BCUT2D eigenvalue weighted by atomic mass is 32.2. The zero-order valence-electron chi connectivity index (χ0n) is 15.3. The molecule has 3 aromatic rings. The molecule has 2 heterocycles. The molecule has 0 fully saturated rings. The second-order valence-electron chi connectivity index (χ2n) is 6.31. The minimum atomic E-state index is -3.46. The summed E-state index contributed by atoms with van der Waals surface area (Å²) in [7, 11) is -3.46. The average molecular weight is 434 g/mol. The molecule has 0 radical (unpaired) electrons. The van der Waals surface area contributed by atoms with Gasteiger partial charge in [0.25, 0.3) is 0 Å². The molecule has 0 aliphatic heterocycles. The van der Waals surface area contributed by atoms with Crippen LogP contribution in [0, 0.1) is 0 Å². The van der Waals surface area contributed by atoms with Gasteiger partial charge in [0.1, 0.15) is 16.5 Å². The molecular weight excluding hydrogens is 414 g/mol. The summed E-state index contributed by atoms with van der Waals surface area (Å²) >= 11 is 1.20. The zero-order chi connectivity index (χ0) is 20.9. The fraction of sp³-hybridized carbons (Fsp3) is 0.211. The van der Waals surface area contributed by atoms with E-state index in [4.69, 9.17) is 5.11 Å². The summed E-state index contributed by atoms with van der Waals surface area (Å²) in [6.45, 7) is 0.176. The van der Waals surface area contributed by atoms with Gasteiger partial charge in [-0.15, -0.1) is 11.3 Å². The fourth-order valence-corrected chi connectivity index (χ4v) is 4.61. The van der Waals surface area contributed by atoms with Crippen LogP contribution in [0.15, 0.2) is 48.0 Å². The Balaban J connectivity index is 1.59. The summed E-state index contributed by atoms with van der Waals surface area (Å²) in [5.74, 6) is -1.17. The molecule has 1 aromatic carbocycles. The Morgan fingerprint density at radius 2 is 1.93 bits per heavy atom. The number of nitrogens with one attached hydrogen (secondary N) is 1. The maximum absolute atomic E-state index is 12.2. The Morgan fingerprint density at radius 1 is 1.17 bits per heavy atom. The van der Waals surface area contributed by atoms with Gasteiger partial charge in [0, 0.05) is 18.1 Å².